The second-order valence-electron chi connectivity index (χ2n) is 7.77. The van der Waals surface area contributed by atoms with Gasteiger partial charge in [-0.3, -0.25) is 9.36 Å². The fourth-order valence-electron chi connectivity index (χ4n) is 3.97. The van der Waals surface area contributed by atoms with Crippen LogP contribution in [0.3, 0.4) is 0 Å². The summed E-state index contributed by atoms with van der Waals surface area (Å²) >= 11 is 0. The first kappa shape index (κ1) is 20.1. The van der Waals surface area contributed by atoms with Crippen LogP contribution in [0.25, 0.3) is 5.95 Å². The molecule has 7 heteroatoms. The Morgan fingerprint density at radius 1 is 1.20 bits per heavy atom. The van der Waals surface area contributed by atoms with E-state index in [1.807, 2.05) is 42.0 Å². The molecule has 1 amide bonds. The minimum atomic E-state index is 0.100. The molecule has 1 aliphatic heterocycles. The van der Waals surface area contributed by atoms with Gasteiger partial charge >= 0.3 is 0 Å². The Kier molecular flexibility index (Phi) is 6.37. The standard InChI is InChI=1S/C23H28N6O/c1-18-15-21(27-23(26-18)28-14-12-24-17-28)29-13-6-5-9-20(29)16-22(30)25-11-10-19-7-3-2-4-8-19/h2-4,7-8,12,14-15,17,20H,5-6,9-11,13,16H2,1H3,(H,25,30). The summed E-state index contributed by atoms with van der Waals surface area (Å²) in [7, 11) is 0. The summed E-state index contributed by atoms with van der Waals surface area (Å²) in [5, 5.41) is 3.08. The number of hydrogen-bond donors (Lipinski definition) is 1. The first-order chi connectivity index (χ1) is 14.7. The Bertz CT molecular complexity index is 957. The largest absolute Gasteiger partial charge is 0.356 e. The number of aryl methyl sites for hydroxylation is 1. The normalized spacial score (nSPS) is 16.4. The molecular formula is C23H28N6O. The maximum Gasteiger partial charge on any atom is 0.237 e. The Labute approximate surface area is 177 Å². The van der Waals surface area contributed by atoms with Crippen LogP contribution in [-0.2, 0) is 11.2 Å². The summed E-state index contributed by atoms with van der Waals surface area (Å²) in [5.74, 6) is 1.59. The van der Waals surface area contributed by atoms with Crippen molar-refractivity contribution in [3.8, 4) is 5.95 Å². The van der Waals surface area contributed by atoms with Crippen LogP contribution < -0.4 is 10.2 Å². The number of aromatic nitrogens is 4. The van der Waals surface area contributed by atoms with Crippen LogP contribution in [0.4, 0.5) is 5.82 Å². The topological polar surface area (TPSA) is 75.9 Å². The number of piperidine rings is 1. The van der Waals surface area contributed by atoms with Gasteiger partial charge in [-0.1, -0.05) is 30.3 Å². The highest BCUT2D eigenvalue weighted by atomic mass is 16.1. The molecule has 1 aromatic carbocycles. The summed E-state index contributed by atoms with van der Waals surface area (Å²) in [4.78, 5) is 28.3. The van der Waals surface area contributed by atoms with Gasteiger partial charge < -0.3 is 10.2 Å². The van der Waals surface area contributed by atoms with Crippen LogP contribution in [0.5, 0.6) is 0 Å². The van der Waals surface area contributed by atoms with Gasteiger partial charge in [0.2, 0.25) is 11.9 Å². The van der Waals surface area contributed by atoms with Crippen LogP contribution in [0.15, 0.2) is 55.1 Å². The van der Waals surface area contributed by atoms with Crippen molar-refractivity contribution in [1.29, 1.82) is 0 Å². The Morgan fingerprint density at radius 3 is 2.87 bits per heavy atom. The van der Waals surface area contributed by atoms with Crippen molar-refractivity contribution >= 4 is 11.7 Å². The number of nitrogens with one attached hydrogen (secondary N) is 1. The van der Waals surface area contributed by atoms with E-state index in [-0.39, 0.29) is 11.9 Å². The summed E-state index contributed by atoms with van der Waals surface area (Å²) in [6.07, 6.45) is 9.83. The van der Waals surface area contributed by atoms with Crippen molar-refractivity contribution in [2.24, 2.45) is 0 Å². The Hall–Kier alpha value is -3.22. The maximum atomic E-state index is 12.6. The number of amides is 1. The second-order valence-corrected chi connectivity index (χ2v) is 7.77. The van der Waals surface area contributed by atoms with E-state index in [0.717, 1.165) is 43.7 Å². The molecule has 1 fully saturated rings. The highest BCUT2D eigenvalue weighted by Crippen LogP contribution is 2.26. The molecule has 30 heavy (non-hydrogen) atoms. The van der Waals surface area contributed by atoms with Gasteiger partial charge in [-0.2, -0.15) is 4.98 Å². The van der Waals surface area contributed by atoms with Crippen LogP contribution in [0, 0.1) is 6.92 Å². The molecule has 0 aliphatic carbocycles. The van der Waals surface area contributed by atoms with Gasteiger partial charge in [0.1, 0.15) is 12.1 Å². The molecule has 3 heterocycles. The third kappa shape index (κ3) is 5.03. The van der Waals surface area contributed by atoms with Crippen molar-refractivity contribution in [2.45, 2.75) is 45.1 Å². The summed E-state index contributed by atoms with van der Waals surface area (Å²) < 4.78 is 1.81. The lowest BCUT2D eigenvalue weighted by atomic mass is 9.99. The molecule has 1 N–H and O–H groups in total. The minimum Gasteiger partial charge on any atom is -0.356 e. The van der Waals surface area contributed by atoms with Crippen LogP contribution in [0.2, 0.25) is 0 Å². The van der Waals surface area contributed by atoms with E-state index < -0.39 is 0 Å². The number of rotatable bonds is 7. The first-order valence-corrected chi connectivity index (χ1v) is 10.6. The summed E-state index contributed by atoms with van der Waals surface area (Å²) in [6, 6.07) is 12.4. The average Bonchev–Trinajstić information content (AvgIpc) is 3.29. The van der Waals surface area contributed by atoms with Crippen LogP contribution >= 0.6 is 0 Å². The van der Waals surface area contributed by atoms with Gasteiger partial charge in [0.15, 0.2) is 0 Å². The molecular weight excluding hydrogens is 376 g/mol. The monoisotopic (exact) mass is 404 g/mol. The Balaban J connectivity index is 1.41. The first-order valence-electron chi connectivity index (χ1n) is 10.6. The zero-order valence-corrected chi connectivity index (χ0v) is 17.4. The third-order valence-corrected chi connectivity index (χ3v) is 5.49. The van der Waals surface area contributed by atoms with E-state index in [1.165, 1.54) is 5.56 Å². The fourth-order valence-corrected chi connectivity index (χ4v) is 3.97. The van der Waals surface area contributed by atoms with E-state index in [2.05, 4.69) is 32.3 Å². The summed E-state index contributed by atoms with van der Waals surface area (Å²) in [5.41, 5.74) is 2.14. The molecule has 4 rings (SSSR count). The van der Waals surface area contributed by atoms with Crippen LogP contribution in [0.1, 0.15) is 36.9 Å². The lowest BCUT2D eigenvalue weighted by molar-refractivity contribution is -0.121. The predicted molar refractivity (Wildman–Crippen MR) is 117 cm³/mol. The molecule has 0 radical (unpaired) electrons. The van der Waals surface area contributed by atoms with Crippen molar-refractivity contribution in [3.05, 3.63) is 66.4 Å². The molecule has 1 aliphatic rings. The van der Waals surface area contributed by atoms with Crippen molar-refractivity contribution in [1.82, 2.24) is 24.8 Å². The number of nitrogens with zero attached hydrogens (tertiary/aromatic N) is 5. The minimum absolute atomic E-state index is 0.100. The second kappa shape index (κ2) is 9.52. The molecule has 0 bridgehead atoms. The zero-order chi connectivity index (χ0) is 20.8. The smallest absolute Gasteiger partial charge is 0.237 e. The molecule has 0 saturated carbocycles. The lowest BCUT2D eigenvalue weighted by Gasteiger charge is -2.36. The predicted octanol–water partition coefficient (Wildman–Crippen LogP) is 3.08. The van der Waals surface area contributed by atoms with Gasteiger partial charge in [0.25, 0.3) is 0 Å². The summed E-state index contributed by atoms with van der Waals surface area (Å²) in [6.45, 7) is 3.54. The van der Waals surface area contributed by atoms with Gasteiger partial charge in [0.05, 0.1) is 0 Å². The molecule has 2 aromatic heterocycles. The van der Waals surface area contributed by atoms with E-state index in [0.29, 0.717) is 18.9 Å². The number of anilines is 1. The van der Waals surface area contributed by atoms with E-state index >= 15 is 0 Å². The van der Waals surface area contributed by atoms with Crippen LogP contribution in [-0.4, -0.2) is 44.6 Å². The molecule has 0 spiro atoms. The van der Waals surface area contributed by atoms with Crippen molar-refractivity contribution < 1.29 is 4.79 Å². The third-order valence-electron chi connectivity index (χ3n) is 5.49. The Morgan fingerprint density at radius 2 is 2.07 bits per heavy atom. The SMILES string of the molecule is Cc1cc(N2CCCCC2CC(=O)NCCc2ccccc2)nc(-n2ccnc2)n1. The van der Waals surface area contributed by atoms with E-state index in [1.54, 1.807) is 12.5 Å². The quantitative estimate of drug-likeness (QED) is 0.655. The molecule has 1 saturated heterocycles. The number of benzene rings is 1. The molecule has 1 unspecified atom stereocenters. The van der Waals surface area contributed by atoms with Gasteiger partial charge in [-0.25, -0.2) is 9.97 Å². The van der Waals surface area contributed by atoms with E-state index in [4.69, 9.17) is 4.98 Å². The average molecular weight is 405 g/mol. The lowest BCUT2D eigenvalue weighted by Crippen LogP contribution is -2.43. The number of imidazole rings is 1. The molecule has 1 atom stereocenters. The van der Waals surface area contributed by atoms with Crippen molar-refractivity contribution in [3.63, 3.8) is 0 Å². The fraction of sp³-hybridized carbons (Fsp3) is 0.391. The molecule has 156 valence electrons. The maximum absolute atomic E-state index is 12.6. The number of carbonyl (C=O) groups excluding carboxylic acids is 1. The van der Waals surface area contributed by atoms with E-state index in [9.17, 15) is 4.79 Å². The molecule has 3 aromatic rings. The number of hydrogen-bond acceptors (Lipinski definition) is 5. The number of carbonyl (C=O) groups is 1. The van der Waals surface area contributed by atoms with Gasteiger partial charge in [0, 0.05) is 49.7 Å². The van der Waals surface area contributed by atoms with Gasteiger partial charge in [-0.05, 0) is 38.2 Å². The highest BCUT2D eigenvalue weighted by molar-refractivity contribution is 5.77. The zero-order valence-electron chi connectivity index (χ0n) is 17.4. The van der Waals surface area contributed by atoms with Crippen molar-refractivity contribution in [2.75, 3.05) is 18.0 Å². The van der Waals surface area contributed by atoms with Gasteiger partial charge in [-0.15, -0.1) is 0 Å². The molecule has 7 nitrogen and oxygen atoms in total. The highest BCUT2D eigenvalue weighted by Gasteiger charge is 2.26.